The van der Waals surface area contributed by atoms with Crippen LogP contribution in [0.4, 0.5) is 11.4 Å². The van der Waals surface area contributed by atoms with E-state index >= 15 is 0 Å². The van der Waals surface area contributed by atoms with Crippen molar-refractivity contribution in [3.05, 3.63) is 108 Å². The number of hydrazone groups is 1. The third-order valence-electron chi connectivity index (χ3n) is 8.36. The fraction of sp³-hybridized carbons (Fsp3) is 0.278. The van der Waals surface area contributed by atoms with Crippen LogP contribution in [0.3, 0.4) is 0 Å². The van der Waals surface area contributed by atoms with Crippen LogP contribution in [-0.2, 0) is 4.79 Å². The molecule has 4 aromatic rings. The number of amides is 1. The Labute approximate surface area is 248 Å². The van der Waals surface area contributed by atoms with Gasteiger partial charge in [0.15, 0.2) is 6.61 Å². The van der Waals surface area contributed by atoms with Crippen LogP contribution in [0.2, 0.25) is 0 Å². The van der Waals surface area contributed by atoms with Crippen molar-refractivity contribution in [2.45, 2.75) is 25.3 Å². The standard InChI is InChI=1S/C36H38N4O2/c1-38(2)29-19-15-25(16-20-29)23-28-11-7-13-32-35(28)37-40(36(32)27-17-21-30(22-18-27)39(3)4)34(41)24-42-33-14-8-10-26-9-5-6-12-31(26)33/h5-6,8-10,12,14-23,32,36H,7,11,13,24H2,1-4H3/b28-23-/t32-,36-/m0/s1. The minimum atomic E-state index is -0.167. The topological polar surface area (TPSA) is 48.4 Å². The molecular formula is C36H38N4O2. The summed E-state index contributed by atoms with van der Waals surface area (Å²) in [5, 5.41) is 8.84. The maximum absolute atomic E-state index is 13.9. The molecule has 6 nitrogen and oxygen atoms in total. The van der Waals surface area contributed by atoms with E-state index in [1.165, 1.54) is 11.3 Å². The maximum atomic E-state index is 13.9. The lowest BCUT2D eigenvalue weighted by molar-refractivity contribution is -0.135. The number of ether oxygens (including phenoxy) is 1. The van der Waals surface area contributed by atoms with Crippen molar-refractivity contribution in [2.75, 3.05) is 44.6 Å². The molecule has 6 heteroatoms. The molecule has 0 radical (unpaired) electrons. The number of rotatable bonds is 7. The molecular weight excluding hydrogens is 520 g/mol. The average molecular weight is 559 g/mol. The lowest BCUT2D eigenvalue weighted by Gasteiger charge is -2.30. The Kier molecular flexibility index (Phi) is 7.70. The zero-order valence-corrected chi connectivity index (χ0v) is 24.8. The zero-order chi connectivity index (χ0) is 29.2. The van der Waals surface area contributed by atoms with E-state index in [2.05, 4.69) is 76.5 Å². The number of fused-ring (bicyclic) bond motifs is 2. The van der Waals surface area contributed by atoms with Crippen molar-refractivity contribution in [1.82, 2.24) is 5.01 Å². The highest BCUT2D eigenvalue weighted by atomic mass is 16.5. The van der Waals surface area contributed by atoms with Crippen LogP contribution in [0.25, 0.3) is 16.8 Å². The third kappa shape index (κ3) is 5.49. The van der Waals surface area contributed by atoms with Gasteiger partial charge in [0.25, 0.3) is 5.91 Å². The third-order valence-corrected chi connectivity index (χ3v) is 8.36. The van der Waals surface area contributed by atoms with E-state index in [9.17, 15) is 4.79 Å². The van der Waals surface area contributed by atoms with Gasteiger partial charge in [0.2, 0.25) is 0 Å². The van der Waals surface area contributed by atoms with Gasteiger partial charge in [-0.1, -0.05) is 60.7 Å². The van der Waals surface area contributed by atoms with Crippen LogP contribution in [0.1, 0.15) is 36.4 Å². The summed E-state index contributed by atoms with van der Waals surface area (Å²) in [7, 11) is 8.17. The largest absolute Gasteiger partial charge is 0.483 e. The van der Waals surface area contributed by atoms with Crippen LogP contribution in [0, 0.1) is 5.92 Å². The van der Waals surface area contributed by atoms with Crippen molar-refractivity contribution in [2.24, 2.45) is 11.0 Å². The number of carbonyl (C=O) groups is 1. The van der Waals surface area contributed by atoms with Crippen molar-refractivity contribution in [1.29, 1.82) is 0 Å². The first kappa shape index (κ1) is 27.6. The van der Waals surface area contributed by atoms with E-state index in [1.807, 2.05) is 58.5 Å². The quantitative estimate of drug-likeness (QED) is 0.241. The van der Waals surface area contributed by atoms with E-state index in [0.29, 0.717) is 5.75 Å². The molecule has 4 aromatic carbocycles. The van der Waals surface area contributed by atoms with Gasteiger partial charge in [0, 0.05) is 50.9 Å². The van der Waals surface area contributed by atoms with Gasteiger partial charge in [-0.2, -0.15) is 5.10 Å². The van der Waals surface area contributed by atoms with Gasteiger partial charge >= 0.3 is 0 Å². The first-order chi connectivity index (χ1) is 20.4. The summed E-state index contributed by atoms with van der Waals surface area (Å²) in [6.45, 7) is -0.0746. The summed E-state index contributed by atoms with van der Waals surface area (Å²) in [6, 6.07) is 30.9. The number of benzene rings is 4. The van der Waals surface area contributed by atoms with Crippen LogP contribution in [0.5, 0.6) is 5.75 Å². The predicted octanol–water partition coefficient (Wildman–Crippen LogP) is 7.17. The molecule has 0 unspecified atom stereocenters. The molecule has 1 aliphatic carbocycles. The first-order valence-corrected chi connectivity index (χ1v) is 14.7. The highest BCUT2D eigenvalue weighted by Gasteiger charge is 2.43. The van der Waals surface area contributed by atoms with Gasteiger partial charge in [0.1, 0.15) is 5.75 Å². The molecule has 42 heavy (non-hydrogen) atoms. The minimum absolute atomic E-state index is 0.0746. The number of hydrogen-bond acceptors (Lipinski definition) is 5. The van der Waals surface area contributed by atoms with E-state index < -0.39 is 0 Å². The van der Waals surface area contributed by atoms with Crippen LogP contribution in [0.15, 0.2) is 102 Å². The van der Waals surface area contributed by atoms with Crippen molar-refractivity contribution < 1.29 is 9.53 Å². The van der Waals surface area contributed by atoms with Gasteiger partial charge in [-0.3, -0.25) is 4.79 Å². The second-order valence-electron chi connectivity index (χ2n) is 11.6. The predicted molar refractivity (Wildman–Crippen MR) is 173 cm³/mol. The zero-order valence-electron chi connectivity index (χ0n) is 24.8. The van der Waals surface area contributed by atoms with E-state index in [1.54, 1.807) is 5.01 Å². The van der Waals surface area contributed by atoms with Crippen molar-refractivity contribution >= 4 is 39.8 Å². The smallest absolute Gasteiger partial charge is 0.281 e. The molecule has 1 amide bonds. The summed E-state index contributed by atoms with van der Waals surface area (Å²) in [4.78, 5) is 18.1. The second kappa shape index (κ2) is 11.7. The summed E-state index contributed by atoms with van der Waals surface area (Å²) < 4.78 is 6.15. The van der Waals surface area contributed by atoms with Gasteiger partial charge in [0.05, 0.1) is 11.8 Å². The number of carbonyl (C=O) groups excluding carboxylic acids is 1. The molecule has 1 saturated carbocycles. The summed E-state index contributed by atoms with van der Waals surface area (Å²) in [5.74, 6) is 0.707. The van der Waals surface area contributed by atoms with E-state index in [4.69, 9.17) is 9.84 Å². The minimum Gasteiger partial charge on any atom is -0.483 e. The number of nitrogens with zero attached hydrogens (tertiary/aromatic N) is 4. The Morgan fingerprint density at radius 2 is 1.55 bits per heavy atom. The highest BCUT2D eigenvalue weighted by molar-refractivity contribution is 6.08. The van der Waals surface area contributed by atoms with Gasteiger partial charge < -0.3 is 14.5 Å². The summed E-state index contributed by atoms with van der Waals surface area (Å²) in [5.41, 5.74) is 6.78. The molecule has 0 aromatic heterocycles. The summed E-state index contributed by atoms with van der Waals surface area (Å²) >= 11 is 0. The Bertz CT molecular complexity index is 1630. The first-order valence-electron chi connectivity index (χ1n) is 14.7. The average Bonchev–Trinajstić information content (AvgIpc) is 3.41. The van der Waals surface area contributed by atoms with Crippen molar-refractivity contribution in [3.8, 4) is 5.75 Å². The van der Waals surface area contributed by atoms with E-state index in [-0.39, 0.29) is 24.5 Å². The molecule has 214 valence electrons. The number of anilines is 2. The molecule has 0 N–H and O–H groups in total. The normalized spacial score (nSPS) is 19.0. The summed E-state index contributed by atoms with van der Waals surface area (Å²) in [6.07, 6.45) is 5.25. The Hall–Kier alpha value is -4.58. The number of hydrogen-bond donors (Lipinski definition) is 0. The molecule has 0 spiro atoms. The Morgan fingerprint density at radius 1 is 0.881 bits per heavy atom. The molecule has 1 aliphatic heterocycles. The molecule has 6 rings (SSSR count). The SMILES string of the molecule is CN(C)c1ccc(/C=C2/CCC[C@H]3C2=NN(C(=O)COc2cccc4ccccc24)[C@H]3c2ccc(N(C)C)cc2)cc1. The van der Waals surface area contributed by atoms with Crippen LogP contribution >= 0.6 is 0 Å². The number of allylic oxidation sites excluding steroid dienone is 1. The van der Waals surface area contributed by atoms with Gasteiger partial charge in [-0.05, 0) is 77.8 Å². The maximum Gasteiger partial charge on any atom is 0.281 e. The molecule has 2 aliphatic rings. The lowest BCUT2D eigenvalue weighted by atomic mass is 9.77. The Morgan fingerprint density at radius 3 is 2.26 bits per heavy atom. The fourth-order valence-electron chi connectivity index (χ4n) is 6.11. The van der Waals surface area contributed by atoms with Gasteiger partial charge in [-0.15, -0.1) is 0 Å². The monoisotopic (exact) mass is 558 g/mol. The Balaban J connectivity index is 1.32. The molecule has 1 heterocycles. The second-order valence-corrected chi connectivity index (χ2v) is 11.6. The van der Waals surface area contributed by atoms with E-state index in [0.717, 1.165) is 52.6 Å². The molecule has 0 bridgehead atoms. The fourth-order valence-corrected chi connectivity index (χ4v) is 6.11. The molecule has 1 fully saturated rings. The highest BCUT2D eigenvalue weighted by Crippen LogP contribution is 2.44. The molecule has 2 atom stereocenters. The molecule has 0 saturated heterocycles. The van der Waals surface area contributed by atoms with Crippen molar-refractivity contribution in [3.63, 3.8) is 0 Å². The van der Waals surface area contributed by atoms with Crippen LogP contribution in [-0.4, -0.2) is 51.4 Å². The van der Waals surface area contributed by atoms with Gasteiger partial charge in [-0.25, -0.2) is 5.01 Å². The lowest BCUT2D eigenvalue weighted by Crippen LogP contribution is -2.34. The van der Waals surface area contributed by atoms with Crippen LogP contribution < -0.4 is 14.5 Å².